The number of rotatable bonds is 7. The quantitative estimate of drug-likeness (QED) is 0.640. The zero-order valence-corrected chi connectivity index (χ0v) is 17.8. The highest BCUT2D eigenvalue weighted by Crippen LogP contribution is 2.28. The molecule has 0 atom stereocenters. The summed E-state index contributed by atoms with van der Waals surface area (Å²) in [7, 11) is 3.48. The van der Waals surface area contributed by atoms with Gasteiger partial charge in [0.2, 0.25) is 5.91 Å². The summed E-state index contributed by atoms with van der Waals surface area (Å²) < 4.78 is 7.22. The van der Waals surface area contributed by atoms with Crippen LogP contribution in [0.4, 0.5) is 5.69 Å². The van der Waals surface area contributed by atoms with E-state index in [0.717, 1.165) is 14.5 Å². The number of anilines is 1. The molecule has 2 aromatic carbocycles. The van der Waals surface area contributed by atoms with Crippen molar-refractivity contribution in [2.24, 2.45) is 0 Å². The van der Waals surface area contributed by atoms with Crippen LogP contribution in [0.5, 0.6) is 5.75 Å². The Balaban J connectivity index is 1.88. The third-order valence-corrected chi connectivity index (χ3v) is 4.70. The average Bonchev–Trinajstić information content (AvgIpc) is 2.59. The second-order valence-corrected chi connectivity index (χ2v) is 7.67. The van der Waals surface area contributed by atoms with Crippen molar-refractivity contribution in [1.29, 1.82) is 0 Å². The van der Waals surface area contributed by atoms with Crippen LogP contribution in [0.1, 0.15) is 12.0 Å². The number of amides is 2. The molecule has 2 amide bonds. The minimum absolute atomic E-state index is 0.0768. The van der Waals surface area contributed by atoms with E-state index in [1.54, 1.807) is 25.1 Å². The molecule has 0 bridgehead atoms. The van der Waals surface area contributed by atoms with Gasteiger partial charge < -0.3 is 15.0 Å². The van der Waals surface area contributed by atoms with Crippen molar-refractivity contribution >= 4 is 49.4 Å². The van der Waals surface area contributed by atoms with E-state index < -0.39 is 0 Å². The van der Waals surface area contributed by atoms with Crippen molar-refractivity contribution < 1.29 is 14.3 Å². The van der Waals surface area contributed by atoms with E-state index >= 15 is 0 Å². The summed E-state index contributed by atoms with van der Waals surface area (Å²) in [6.07, 6.45) is 1.06. The highest BCUT2D eigenvalue weighted by atomic mass is 79.9. The molecular weight excluding hydrogens is 464 g/mol. The van der Waals surface area contributed by atoms with Gasteiger partial charge in [-0.05, 0) is 58.2 Å². The number of ether oxygens (including phenoxy) is 1. The number of benzene rings is 2. The zero-order chi connectivity index (χ0) is 19.1. The van der Waals surface area contributed by atoms with E-state index in [1.165, 1.54) is 0 Å². The fourth-order valence-corrected chi connectivity index (χ4v) is 3.37. The Hall–Kier alpha value is -1.86. The molecule has 0 saturated heterocycles. The molecule has 0 fully saturated rings. The van der Waals surface area contributed by atoms with Crippen LogP contribution >= 0.6 is 31.9 Å². The third-order valence-electron chi connectivity index (χ3n) is 3.59. The molecule has 0 aromatic heterocycles. The Kier molecular flexibility index (Phi) is 7.66. The minimum atomic E-state index is -0.249. The molecule has 0 unspecified atom stereocenters. The maximum Gasteiger partial charge on any atom is 0.262 e. The van der Waals surface area contributed by atoms with Gasteiger partial charge in [-0.1, -0.05) is 28.1 Å². The number of carbonyl (C=O) groups is 2. The smallest absolute Gasteiger partial charge is 0.262 e. The maximum absolute atomic E-state index is 12.1. The summed E-state index contributed by atoms with van der Waals surface area (Å²) in [5.41, 5.74) is 1.68. The van der Waals surface area contributed by atoms with Crippen LogP contribution in [0, 0.1) is 0 Å². The molecule has 26 heavy (non-hydrogen) atoms. The first-order chi connectivity index (χ1) is 12.3. The van der Waals surface area contributed by atoms with Gasteiger partial charge in [0.15, 0.2) is 6.61 Å². The number of halogens is 2. The second kappa shape index (κ2) is 9.73. The van der Waals surface area contributed by atoms with Gasteiger partial charge in [0.05, 0.1) is 4.47 Å². The van der Waals surface area contributed by atoms with Crippen LogP contribution in [-0.2, 0) is 16.0 Å². The Morgan fingerprint density at radius 1 is 1.12 bits per heavy atom. The van der Waals surface area contributed by atoms with Gasteiger partial charge in [0, 0.05) is 30.7 Å². The lowest BCUT2D eigenvalue weighted by atomic mass is 10.1. The number of hydrogen-bond acceptors (Lipinski definition) is 3. The van der Waals surface area contributed by atoms with Gasteiger partial charge in [0.25, 0.3) is 5.91 Å². The highest BCUT2D eigenvalue weighted by molar-refractivity contribution is 9.11. The first-order valence-corrected chi connectivity index (χ1v) is 9.60. The molecule has 0 radical (unpaired) electrons. The Morgan fingerprint density at radius 2 is 1.88 bits per heavy atom. The SMILES string of the molecule is CN(C)C(=O)CCc1cccc(NC(=O)COc2ccc(Br)cc2Br)c1. The predicted octanol–water partition coefficient (Wildman–Crippen LogP) is 4.25. The third kappa shape index (κ3) is 6.46. The van der Waals surface area contributed by atoms with Crippen molar-refractivity contribution in [3.63, 3.8) is 0 Å². The van der Waals surface area contributed by atoms with E-state index in [4.69, 9.17) is 4.74 Å². The largest absolute Gasteiger partial charge is 0.483 e. The summed E-state index contributed by atoms with van der Waals surface area (Å²) >= 11 is 6.76. The van der Waals surface area contributed by atoms with Crippen molar-refractivity contribution in [2.45, 2.75) is 12.8 Å². The molecule has 2 aromatic rings. The molecule has 0 aliphatic heterocycles. The molecule has 0 saturated carbocycles. The van der Waals surface area contributed by atoms with Crippen LogP contribution in [0.2, 0.25) is 0 Å². The Labute approximate surface area is 170 Å². The van der Waals surface area contributed by atoms with Crippen molar-refractivity contribution in [2.75, 3.05) is 26.0 Å². The topological polar surface area (TPSA) is 58.6 Å². The van der Waals surface area contributed by atoms with E-state index in [1.807, 2.05) is 36.4 Å². The molecule has 0 heterocycles. The summed E-state index contributed by atoms with van der Waals surface area (Å²) in [4.78, 5) is 25.4. The van der Waals surface area contributed by atoms with Crippen LogP contribution in [0.3, 0.4) is 0 Å². The zero-order valence-electron chi connectivity index (χ0n) is 14.6. The molecule has 7 heteroatoms. The van der Waals surface area contributed by atoms with Crippen LogP contribution in [-0.4, -0.2) is 37.4 Å². The van der Waals surface area contributed by atoms with Crippen LogP contribution in [0.25, 0.3) is 0 Å². The first-order valence-electron chi connectivity index (χ1n) is 8.02. The van der Waals surface area contributed by atoms with Gasteiger partial charge in [0.1, 0.15) is 5.75 Å². The van der Waals surface area contributed by atoms with Crippen molar-refractivity contribution in [1.82, 2.24) is 4.90 Å². The average molecular weight is 484 g/mol. The number of hydrogen-bond donors (Lipinski definition) is 1. The summed E-state index contributed by atoms with van der Waals surface area (Å²) in [5, 5.41) is 2.81. The van der Waals surface area contributed by atoms with Crippen LogP contribution < -0.4 is 10.1 Å². The minimum Gasteiger partial charge on any atom is -0.483 e. The van der Waals surface area contributed by atoms with Gasteiger partial charge in [-0.2, -0.15) is 0 Å². The summed E-state index contributed by atoms with van der Waals surface area (Å²) in [6, 6.07) is 13.0. The fraction of sp³-hybridized carbons (Fsp3) is 0.263. The summed E-state index contributed by atoms with van der Waals surface area (Å²) in [6.45, 7) is -0.0937. The molecule has 5 nitrogen and oxygen atoms in total. The van der Waals surface area contributed by atoms with E-state index in [9.17, 15) is 9.59 Å². The standard InChI is InChI=1S/C19H20Br2N2O3/c1-23(2)19(25)9-6-13-4-3-5-15(10-13)22-18(24)12-26-17-8-7-14(20)11-16(17)21/h3-5,7-8,10-11H,6,9,12H2,1-2H3,(H,22,24). The Bertz CT molecular complexity index is 794. The summed E-state index contributed by atoms with van der Waals surface area (Å²) in [5.74, 6) is 0.425. The predicted molar refractivity (Wildman–Crippen MR) is 109 cm³/mol. The number of carbonyl (C=O) groups excluding carboxylic acids is 2. The normalized spacial score (nSPS) is 10.3. The van der Waals surface area contributed by atoms with E-state index in [2.05, 4.69) is 37.2 Å². The molecule has 0 spiro atoms. The fourth-order valence-electron chi connectivity index (χ4n) is 2.21. The lowest BCUT2D eigenvalue weighted by Gasteiger charge is -2.11. The molecule has 1 N–H and O–H groups in total. The highest BCUT2D eigenvalue weighted by Gasteiger charge is 2.08. The number of nitrogens with one attached hydrogen (secondary N) is 1. The van der Waals surface area contributed by atoms with Crippen molar-refractivity contribution in [3.05, 3.63) is 57.0 Å². The lowest BCUT2D eigenvalue weighted by molar-refractivity contribution is -0.128. The van der Waals surface area contributed by atoms with Gasteiger partial charge in [-0.25, -0.2) is 0 Å². The van der Waals surface area contributed by atoms with E-state index in [-0.39, 0.29) is 18.4 Å². The molecule has 0 aliphatic rings. The molecule has 2 rings (SSSR count). The Morgan fingerprint density at radius 3 is 2.58 bits per heavy atom. The van der Waals surface area contributed by atoms with Gasteiger partial charge in [-0.3, -0.25) is 9.59 Å². The monoisotopic (exact) mass is 482 g/mol. The molecule has 0 aliphatic carbocycles. The maximum atomic E-state index is 12.1. The van der Waals surface area contributed by atoms with Crippen molar-refractivity contribution in [3.8, 4) is 5.75 Å². The number of aryl methyl sites for hydroxylation is 1. The molecule has 138 valence electrons. The second-order valence-electron chi connectivity index (χ2n) is 5.90. The number of nitrogens with zero attached hydrogens (tertiary/aromatic N) is 1. The van der Waals surface area contributed by atoms with Gasteiger partial charge in [-0.15, -0.1) is 0 Å². The molecular formula is C19H20Br2N2O3. The van der Waals surface area contributed by atoms with E-state index in [0.29, 0.717) is 24.3 Å². The first kappa shape index (κ1) is 20.5. The van der Waals surface area contributed by atoms with Gasteiger partial charge >= 0.3 is 0 Å². The van der Waals surface area contributed by atoms with Crippen LogP contribution in [0.15, 0.2) is 51.4 Å². The lowest BCUT2D eigenvalue weighted by Crippen LogP contribution is -2.22.